The van der Waals surface area contributed by atoms with Crippen molar-refractivity contribution in [3.8, 4) is 0 Å². The van der Waals surface area contributed by atoms with Crippen LogP contribution in [-0.4, -0.2) is 61.8 Å². The van der Waals surface area contributed by atoms with Crippen LogP contribution >= 0.6 is 0 Å². The number of amides is 2. The molecule has 1 aliphatic rings. The van der Waals surface area contributed by atoms with Crippen molar-refractivity contribution in [2.24, 2.45) is 0 Å². The Balaban J connectivity index is 2.64. The molecule has 1 N–H and O–H groups in total. The lowest BCUT2D eigenvalue weighted by atomic mass is 9.86. The van der Waals surface area contributed by atoms with Gasteiger partial charge in [0, 0.05) is 20.3 Å². The number of rotatable bonds is 9. The van der Waals surface area contributed by atoms with Crippen molar-refractivity contribution in [2.75, 3.05) is 33.5 Å². The van der Waals surface area contributed by atoms with Gasteiger partial charge < -0.3 is 19.7 Å². The molecule has 0 spiro atoms. The molecule has 1 rings (SSSR count). The molecular weight excluding hydrogens is 272 g/mol. The number of carbonyl (C=O) groups excluding carboxylic acids is 2. The monoisotopic (exact) mass is 300 g/mol. The van der Waals surface area contributed by atoms with Crippen LogP contribution < -0.4 is 5.32 Å². The Morgan fingerprint density at radius 3 is 2.43 bits per heavy atom. The molecule has 2 amide bonds. The van der Waals surface area contributed by atoms with Gasteiger partial charge in [-0.3, -0.25) is 9.59 Å². The van der Waals surface area contributed by atoms with Crippen LogP contribution in [0.15, 0.2) is 0 Å². The van der Waals surface area contributed by atoms with E-state index in [-0.39, 0.29) is 11.8 Å². The van der Waals surface area contributed by atoms with Crippen LogP contribution in [0, 0.1) is 0 Å². The summed E-state index contributed by atoms with van der Waals surface area (Å²) in [5.74, 6) is -0.0462. The van der Waals surface area contributed by atoms with Crippen LogP contribution in [0.5, 0.6) is 0 Å². The van der Waals surface area contributed by atoms with Gasteiger partial charge in [0.15, 0.2) is 0 Å². The SMILES string of the molecule is CCC1(CC)C(=O)NC(C)C(=O)N1CCCOCCOC. The third-order valence-corrected chi connectivity index (χ3v) is 4.20. The highest BCUT2D eigenvalue weighted by Gasteiger charge is 2.48. The molecule has 1 fully saturated rings. The number of carbonyl (C=O) groups is 2. The van der Waals surface area contributed by atoms with Crippen LogP contribution in [-0.2, 0) is 19.1 Å². The molecule has 0 bridgehead atoms. The summed E-state index contributed by atoms with van der Waals surface area (Å²) in [5.41, 5.74) is -0.712. The second kappa shape index (κ2) is 8.34. The molecule has 1 unspecified atom stereocenters. The Labute approximate surface area is 127 Å². The molecule has 6 nitrogen and oxygen atoms in total. The predicted octanol–water partition coefficient (Wildman–Crippen LogP) is 0.945. The summed E-state index contributed by atoms with van der Waals surface area (Å²) in [4.78, 5) is 26.5. The van der Waals surface area contributed by atoms with Gasteiger partial charge in [0.05, 0.1) is 13.2 Å². The van der Waals surface area contributed by atoms with E-state index in [9.17, 15) is 9.59 Å². The lowest BCUT2D eigenvalue weighted by molar-refractivity contribution is -0.158. The molecule has 0 aromatic rings. The van der Waals surface area contributed by atoms with E-state index in [1.807, 2.05) is 13.8 Å². The fourth-order valence-corrected chi connectivity index (χ4v) is 2.81. The van der Waals surface area contributed by atoms with Crippen molar-refractivity contribution < 1.29 is 19.1 Å². The molecule has 0 aromatic heterocycles. The molecule has 21 heavy (non-hydrogen) atoms. The number of nitrogens with zero attached hydrogens (tertiary/aromatic N) is 1. The first-order chi connectivity index (χ1) is 10.0. The van der Waals surface area contributed by atoms with Crippen molar-refractivity contribution in [1.82, 2.24) is 10.2 Å². The summed E-state index contributed by atoms with van der Waals surface area (Å²) in [6.07, 6.45) is 1.97. The Morgan fingerprint density at radius 1 is 1.19 bits per heavy atom. The van der Waals surface area contributed by atoms with Crippen LogP contribution in [0.3, 0.4) is 0 Å². The van der Waals surface area contributed by atoms with Crippen LogP contribution in [0.4, 0.5) is 0 Å². The first kappa shape index (κ1) is 17.9. The van der Waals surface area contributed by atoms with Crippen molar-refractivity contribution in [3.63, 3.8) is 0 Å². The number of hydrogen-bond acceptors (Lipinski definition) is 4. The van der Waals surface area contributed by atoms with Gasteiger partial charge in [-0.1, -0.05) is 13.8 Å². The summed E-state index contributed by atoms with van der Waals surface area (Å²) in [6.45, 7) is 7.86. The Hall–Kier alpha value is -1.14. The van der Waals surface area contributed by atoms with Gasteiger partial charge >= 0.3 is 0 Å². The van der Waals surface area contributed by atoms with E-state index in [0.29, 0.717) is 39.2 Å². The predicted molar refractivity (Wildman–Crippen MR) is 79.9 cm³/mol. The van der Waals surface area contributed by atoms with Gasteiger partial charge in [0.1, 0.15) is 11.6 Å². The van der Waals surface area contributed by atoms with Gasteiger partial charge in [-0.05, 0) is 26.2 Å². The molecule has 122 valence electrons. The van der Waals surface area contributed by atoms with E-state index in [4.69, 9.17) is 9.47 Å². The maximum absolute atomic E-state index is 12.4. The van der Waals surface area contributed by atoms with Crippen LogP contribution in [0.2, 0.25) is 0 Å². The summed E-state index contributed by atoms with van der Waals surface area (Å²) in [6, 6.07) is -0.446. The maximum Gasteiger partial charge on any atom is 0.246 e. The van der Waals surface area contributed by atoms with E-state index >= 15 is 0 Å². The summed E-state index contributed by atoms with van der Waals surface area (Å²) < 4.78 is 10.3. The second-order valence-electron chi connectivity index (χ2n) is 5.38. The number of piperazine rings is 1. The van der Waals surface area contributed by atoms with Crippen molar-refractivity contribution in [3.05, 3.63) is 0 Å². The average molecular weight is 300 g/mol. The molecule has 6 heteroatoms. The van der Waals surface area contributed by atoms with Gasteiger partial charge in [-0.2, -0.15) is 0 Å². The molecule has 0 aliphatic carbocycles. The zero-order chi connectivity index (χ0) is 15.9. The Bertz CT molecular complexity index is 356. The second-order valence-corrected chi connectivity index (χ2v) is 5.38. The molecule has 1 saturated heterocycles. The first-order valence-corrected chi connectivity index (χ1v) is 7.72. The molecule has 0 radical (unpaired) electrons. The Morgan fingerprint density at radius 2 is 1.86 bits per heavy atom. The lowest BCUT2D eigenvalue weighted by Gasteiger charge is -2.47. The van der Waals surface area contributed by atoms with Crippen LogP contribution in [0.25, 0.3) is 0 Å². The van der Waals surface area contributed by atoms with Gasteiger partial charge in [-0.25, -0.2) is 0 Å². The smallest absolute Gasteiger partial charge is 0.246 e. The molecule has 1 aliphatic heterocycles. The van der Waals surface area contributed by atoms with Gasteiger partial charge in [-0.15, -0.1) is 0 Å². The van der Waals surface area contributed by atoms with E-state index in [0.717, 1.165) is 6.42 Å². The molecule has 0 saturated carbocycles. The van der Waals surface area contributed by atoms with E-state index in [2.05, 4.69) is 5.32 Å². The molecule has 1 heterocycles. The molecular formula is C15H28N2O4. The summed E-state index contributed by atoms with van der Waals surface area (Å²) >= 11 is 0. The van der Waals surface area contributed by atoms with E-state index in [1.54, 1.807) is 18.9 Å². The number of hydrogen-bond donors (Lipinski definition) is 1. The number of methoxy groups -OCH3 is 1. The minimum atomic E-state index is -0.712. The summed E-state index contributed by atoms with van der Waals surface area (Å²) in [7, 11) is 1.63. The van der Waals surface area contributed by atoms with Crippen molar-refractivity contribution in [2.45, 2.75) is 51.6 Å². The third kappa shape index (κ3) is 3.95. The minimum Gasteiger partial charge on any atom is -0.382 e. The average Bonchev–Trinajstić information content (AvgIpc) is 2.48. The third-order valence-electron chi connectivity index (χ3n) is 4.20. The minimum absolute atomic E-state index is 0.00445. The van der Waals surface area contributed by atoms with Crippen molar-refractivity contribution >= 4 is 11.8 Å². The zero-order valence-corrected chi connectivity index (χ0v) is 13.6. The van der Waals surface area contributed by atoms with E-state index in [1.165, 1.54) is 0 Å². The highest BCUT2D eigenvalue weighted by atomic mass is 16.5. The molecule has 0 aromatic carbocycles. The quantitative estimate of drug-likeness (QED) is 0.644. The zero-order valence-electron chi connectivity index (χ0n) is 13.6. The number of nitrogens with one attached hydrogen (secondary N) is 1. The largest absolute Gasteiger partial charge is 0.382 e. The Kier molecular flexibility index (Phi) is 7.11. The highest BCUT2D eigenvalue weighted by molar-refractivity contribution is 5.99. The molecule has 1 atom stereocenters. The fourth-order valence-electron chi connectivity index (χ4n) is 2.81. The lowest BCUT2D eigenvalue weighted by Crippen LogP contribution is -2.69. The highest BCUT2D eigenvalue weighted by Crippen LogP contribution is 2.29. The normalized spacial score (nSPS) is 21.5. The topological polar surface area (TPSA) is 67.9 Å². The maximum atomic E-state index is 12.4. The van der Waals surface area contributed by atoms with E-state index < -0.39 is 11.6 Å². The standard InChI is InChI=1S/C15H28N2O4/c1-5-15(6-2)14(19)16-12(3)13(18)17(15)8-7-9-21-11-10-20-4/h12H,5-11H2,1-4H3,(H,16,19). The van der Waals surface area contributed by atoms with Gasteiger partial charge in [0.2, 0.25) is 11.8 Å². The first-order valence-electron chi connectivity index (χ1n) is 7.72. The summed E-state index contributed by atoms with van der Waals surface area (Å²) in [5, 5.41) is 2.79. The number of ether oxygens (including phenoxy) is 2. The van der Waals surface area contributed by atoms with Crippen LogP contribution in [0.1, 0.15) is 40.0 Å². The van der Waals surface area contributed by atoms with Gasteiger partial charge in [0.25, 0.3) is 0 Å². The fraction of sp³-hybridized carbons (Fsp3) is 0.867. The van der Waals surface area contributed by atoms with Crippen molar-refractivity contribution in [1.29, 1.82) is 0 Å².